The molecule has 176 valence electrons. The molecule has 0 spiro atoms. The van der Waals surface area contributed by atoms with Crippen molar-refractivity contribution in [2.24, 2.45) is 0 Å². The number of rotatable bonds is 2. The Morgan fingerprint density at radius 1 is 0.474 bits per heavy atom. The van der Waals surface area contributed by atoms with Crippen LogP contribution >= 0.6 is 0 Å². The number of pyridine rings is 2. The Bertz CT molecular complexity index is 2530. The van der Waals surface area contributed by atoms with Gasteiger partial charge in [-0.1, -0.05) is 109 Å². The van der Waals surface area contributed by atoms with E-state index in [-0.39, 0.29) is 57.7 Å². The highest BCUT2D eigenvalue weighted by atomic mass is 14.7. The number of benzene rings is 6. The van der Waals surface area contributed by atoms with Crippen molar-refractivity contribution in [3.05, 3.63) is 133 Å². The summed E-state index contributed by atoms with van der Waals surface area (Å²) < 4.78 is 58.8. The van der Waals surface area contributed by atoms with Crippen molar-refractivity contribution in [3.63, 3.8) is 0 Å². The van der Waals surface area contributed by atoms with Crippen molar-refractivity contribution < 1.29 is 9.60 Å². The molecule has 0 aliphatic rings. The van der Waals surface area contributed by atoms with Gasteiger partial charge in [-0.3, -0.25) is 4.98 Å². The molecular formula is C36H22N2. The predicted molar refractivity (Wildman–Crippen MR) is 160 cm³/mol. The number of hydrogen-bond acceptors (Lipinski definition) is 2. The molecule has 0 saturated heterocycles. The molecule has 38 heavy (non-hydrogen) atoms. The number of fused-ring (bicyclic) bond motifs is 9. The maximum atomic E-state index is 8.74. The van der Waals surface area contributed by atoms with Gasteiger partial charge >= 0.3 is 0 Å². The van der Waals surface area contributed by atoms with E-state index in [0.29, 0.717) is 5.56 Å². The van der Waals surface area contributed by atoms with Crippen LogP contribution in [0.3, 0.4) is 0 Å². The normalized spacial score (nSPS) is 14.3. The first-order valence-electron chi connectivity index (χ1n) is 15.9. The molecule has 0 amide bonds. The minimum Gasteiger partial charge on any atom is -0.254 e. The Labute approximate surface area is 229 Å². The molecule has 0 N–H and O–H groups in total. The third-order valence-corrected chi connectivity index (χ3v) is 7.19. The van der Waals surface area contributed by atoms with Crippen LogP contribution in [-0.4, -0.2) is 9.97 Å². The molecule has 2 nitrogen and oxygen atoms in total. The highest BCUT2D eigenvalue weighted by Crippen LogP contribution is 2.37. The summed E-state index contributed by atoms with van der Waals surface area (Å²) in [5.41, 5.74) is 2.86. The van der Waals surface area contributed by atoms with Gasteiger partial charge in [0, 0.05) is 22.5 Å². The van der Waals surface area contributed by atoms with Crippen molar-refractivity contribution >= 4 is 54.1 Å². The van der Waals surface area contributed by atoms with E-state index in [4.69, 9.17) is 9.60 Å². The Kier molecular flexibility index (Phi) is 3.30. The van der Waals surface area contributed by atoms with Crippen LogP contribution in [0.4, 0.5) is 0 Å². The van der Waals surface area contributed by atoms with Crippen molar-refractivity contribution in [2.45, 2.75) is 0 Å². The van der Waals surface area contributed by atoms with Gasteiger partial charge in [0.15, 0.2) is 0 Å². The first-order chi connectivity index (χ1) is 21.7. The van der Waals surface area contributed by atoms with Gasteiger partial charge in [0.1, 0.15) is 0 Å². The topological polar surface area (TPSA) is 25.8 Å². The highest BCUT2D eigenvalue weighted by Gasteiger charge is 2.10. The van der Waals surface area contributed by atoms with Gasteiger partial charge < -0.3 is 0 Å². The summed E-state index contributed by atoms with van der Waals surface area (Å²) in [7, 11) is 0. The fourth-order valence-electron chi connectivity index (χ4n) is 5.36. The molecular weight excluding hydrogens is 460 g/mol. The van der Waals surface area contributed by atoms with Crippen molar-refractivity contribution in [2.75, 3.05) is 0 Å². The average Bonchev–Trinajstić information content (AvgIpc) is 3.07. The summed E-state index contributed by atoms with van der Waals surface area (Å²) in [4.78, 5) is 8.79. The predicted octanol–water partition coefficient (Wildman–Crippen LogP) is 9.58. The largest absolute Gasteiger partial charge is 0.254 e. The Morgan fingerprint density at radius 3 is 1.74 bits per heavy atom. The number of hydrogen-bond donors (Lipinski definition) is 0. The monoisotopic (exact) mass is 489 g/mol. The average molecular weight is 490 g/mol. The molecule has 0 fully saturated rings. The summed E-state index contributed by atoms with van der Waals surface area (Å²) in [5.74, 6) is 0. The molecule has 0 aliphatic heterocycles. The van der Waals surface area contributed by atoms with E-state index in [9.17, 15) is 0 Å². The highest BCUT2D eigenvalue weighted by molar-refractivity contribution is 6.25. The molecule has 2 aromatic heterocycles. The molecule has 0 saturated carbocycles. The molecule has 8 aromatic rings. The summed E-state index contributed by atoms with van der Waals surface area (Å²) >= 11 is 0. The molecule has 6 aromatic carbocycles. The lowest BCUT2D eigenvalue weighted by Crippen LogP contribution is -1.89. The van der Waals surface area contributed by atoms with Crippen LogP contribution in [-0.2, 0) is 0 Å². The van der Waals surface area contributed by atoms with Crippen LogP contribution < -0.4 is 0 Å². The first kappa shape index (κ1) is 15.2. The van der Waals surface area contributed by atoms with Gasteiger partial charge in [-0.25, -0.2) is 4.98 Å². The van der Waals surface area contributed by atoms with Crippen LogP contribution in [0.25, 0.3) is 76.5 Å². The van der Waals surface area contributed by atoms with Crippen LogP contribution in [0.5, 0.6) is 0 Å². The fraction of sp³-hybridized carbons (Fsp3) is 0. The van der Waals surface area contributed by atoms with Crippen LogP contribution in [0, 0.1) is 0 Å². The van der Waals surface area contributed by atoms with E-state index >= 15 is 0 Å². The third-order valence-electron chi connectivity index (χ3n) is 7.19. The lowest BCUT2D eigenvalue weighted by molar-refractivity contribution is 1.37. The van der Waals surface area contributed by atoms with Crippen LogP contribution in [0.1, 0.15) is 9.60 Å². The number of nitrogens with zero attached hydrogens (tertiary/aromatic N) is 2. The SMILES string of the molecule is [2H]c1nc2c(c([2H])c1[2H])c([2H])c([2H])c1c([2H])c([2H])c(-c3ccc(-c4ccc5c6ccccc6c6ccccc6c5c4)cc3)nc12. The maximum Gasteiger partial charge on any atom is 0.0972 e. The second-order valence-corrected chi connectivity index (χ2v) is 9.31. The second kappa shape index (κ2) is 8.22. The molecule has 8 rings (SSSR count). The molecule has 2 heteroatoms. The Hall–Kier alpha value is -5.08. The van der Waals surface area contributed by atoms with E-state index in [2.05, 4.69) is 76.7 Å². The lowest BCUT2D eigenvalue weighted by atomic mass is 9.92. The van der Waals surface area contributed by atoms with Gasteiger partial charge in [-0.15, -0.1) is 0 Å². The molecule has 0 radical (unpaired) electrons. The Balaban J connectivity index is 1.30. The first-order valence-corrected chi connectivity index (χ1v) is 12.4. The van der Waals surface area contributed by atoms with Crippen molar-refractivity contribution in [1.29, 1.82) is 0 Å². The third kappa shape index (κ3) is 3.21. The van der Waals surface area contributed by atoms with E-state index in [1.54, 1.807) is 0 Å². The minimum absolute atomic E-state index is 0.0132. The standard InChI is InChI=1S/C36H22N2/c1-2-9-30-28(7-1)29-8-3-4-10-31(29)33-22-27(17-19-32(30)33)23-11-13-24(14-12-23)34-20-18-26-16-15-25-6-5-21-37-35(25)36(26)38-34/h1-22H/i5D,6D,15D,16D,18D,20D,21D. The fourth-order valence-corrected chi connectivity index (χ4v) is 5.36. The number of aromatic nitrogens is 2. The summed E-state index contributed by atoms with van der Waals surface area (Å²) in [6, 6.07) is 28.9. The molecule has 0 aliphatic carbocycles. The van der Waals surface area contributed by atoms with E-state index in [0.717, 1.165) is 16.5 Å². The molecule has 0 unspecified atom stereocenters. The molecule has 0 bridgehead atoms. The second-order valence-electron chi connectivity index (χ2n) is 9.31. The van der Waals surface area contributed by atoms with Gasteiger partial charge in [-0.2, -0.15) is 0 Å². The maximum absolute atomic E-state index is 8.74. The van der Waals surface area contributed by atoms with Gasteiger partial charge in [0.25, 0.3) is 0 Å². The minimum atomic E-state index is -0.448. The van der Waals surface area contributed by atoms with Crippen LogP contribution in [0.2, 0.25) is 0 Å². The van der Waals surface area contributed by atoms with Crippen molar-refractivity contribution in [3.8, 4) is 22.4 Å². The van der Waals surface area contributed by atoms with Gasteiger partial charge in [0.2, 0.25) is 0 Å². The molecule has 2 heterocycles. The molecule has 0 atom stereocenters. The zero-order valence-corrected chi connectivity index (χ0v) is 20.1. The zero-order chi connectivity index (χ0) is 31.1. The zero-order valence-electron chi connectivity index (χ0n) is 27.1. The lowest BCUT2D eigenvalue weighted by Gasteiger charge is -2.12. The van der Waals surface area contributed by atoms with Crippen molar-refractivity contribution in [1.82, 2.24) is 9.97 Å². The van der Waals surface area contributed by atoms with E-state index in [1.807, 2.05) is 24.3 Å². The van der Waals surface area contributed by atoms with Gasteiger partial charge in [0.05, 0.1) is 26.3 Å². The van der Waals surface area contributed by atoms with E-state index < -0.39 is 12.2 Å². The van der Waals surface area contributed by atoms with Gasteiger partial charge in [-0.05, 0) is 61.6 Å². The summed E-state index contributed by atoms with van der Waals surface area (Å²) in [5, 5.41) is 7.06. The quantitative estimate of drug-likeness (QED) is 0.226. The van der Waals surface area contributed by atoms with E-state index in [1.165, 1.54) is 26.9 Å². The summed E-state index contributed by atoms with van der Waals surface area (Å²) in [6.07, 6.45) is -0.448. The van der Waals surface area contributed by atoms with Crippen LogP contribution in [0.15, 0.2) is 133 Å². The summed E-state index contributed by atoms with van der Waals surface area (Å²) in [6.45, 7) is 0. The smallest absolute Gasteiger partial charge is 0.0972 e. The Morgan fingerprint density at radius 2 is 1.03 bits per heavy atom.